The van der Waals surface area contributed by atoms with Crippen LogP contribution in [0.2, 0.25) is 0 Å². The normalized spacial score (nSPS) is 12.0. The molecule has 0 radical (unpaired) electrons. The van der Waals surface area contributed by atoms with Crippen molar-refractivity contribution < 1.29 is 23.7 Å². The van der Waals surface area contributed by atoms with Crippen molar-refractivity contribution in [1.82, 2.24) is 5.32 Å². The second kappa shape index (κ2) is 10.8. The zero-order valence-corrected chi connectivity index (χ0v) is 19.7. The maximum atomic E-state index is 12.6. The Labute approximate surface area is 185 Å². The van der Waals surface area contributed by atoms with E-state index in [0.717, 1.165) is 22.4 Å². The van der Waals surface area contributed by atoms with Crippen LogP contribution in [0.15, 0.2) is 30.3 Å². The molecule has 1 atom stereocenters. The fourth-order valence-electron chi connectivity index (χ4n) is 3.57. The number of rotatable bonds is 9. The minimum atomic E-state index is -0.203. The Kier molecular flexibility index (Phi) is 8.37. The molecule has 0 aliphatic heterocycles. The lowest BCUT2D eigenvalue weighted by Gasteiger charge is -2.20. The summed E-state index contributed by atoms with van der Waals surface area (Å²) in [6.07, 6.45) is 3.19. The molecule has 1 N–H and O–H groups in total. The SMILES string of the molecule is COc1cc(C)c([C@H](C)NC(=O)/C=C/c2ccc(OC)c(OC)c2OC)cc1C(C)C. The van der Waals surface area contributed by atoms with Gasteiger partial charge in [0.05, 0.1) is 34.5 Å². The van der Waals surface area contributed by atoms with Crippen molar-refractivity contribution in [1.29, 1.82) is 0 Å². The number of hydrogen-bond acceptors (Lipinski definition) is 5. The molecule has 0 spiro atoms. The first kappa shape index (κ1) is 24.1. The van der Waals surface area contributed by atoms with Crippen molar-refractivity contribution in [2.75, 3.05) is 28.4 Å². The highest BCUT2D eigenvalue weighted by atomic mass is 16.5. The van der Waals surface area contributed by atoms with E-state index in [1.807, 2.05) is 26.0 Å². The fourth-order valence-corrected chi connectivity index (χ4v) is 3.57. The number of ether oxygens (including phenoxy) is 4. The summed E-state index contributed by atoms with van der Waals surface area (Å²) in [6.45, 7) is 8.25. The zero-order chi connectivity index (χ0) is 23.1. The summed E-state index contributed by atoms with van der Waals surface area (Å²) < 4.78 is 21.7. The van der Waals surface area contributed by atoms with Crippen molar-refractivity contribution in [3.05, 3.63) is 52.6 Å². The third-order valence-corrected chi connectivity index (χ3v) is 5.21. The van der Waals surface area contributed by atoms with Gasteiger partial charge in [0.25, 0.3) is 0 Å². The quantitative estimate of drug-likeness (QED) is 0.568. The molecule has 2 aromatic rings. The third kappa shape index (κ3) is 5.51. The maximum Gasteiger partial charge on any atom is 0.244 e. The first-order valence-electron chi connectivity index (χ1n) is 10.2. The molecule has 6 heteroatoms. The lowest BCUT2D eigenvalue weighted by atomic mass is 9.93. The van der Waals surface area contributed by atoms with Crippen LogP contribution in [0.3, 0.4) is 0 Å². The number of nitrogens with one attached hydrogen (secondary N) is 1. The number of amides is 1. The molecule has 0 fully saturated rings. The minimum Gasteiger partial charge on any atom is -0.496 e. The van der Waals surface area contributed by atoms with E-state index in [1.165, 1.54) is 6.08 Å². The van der Waals surface area contributed by atoms with Gasteiger partial charge in [-0.15, -0.1) is 0 Å². The average Bonchev–Trinajstić information content (AvgIpc) is 2.75. The van der Waals surface area contributed by atoms with Crippen molar-refractivity contribution in [2.24, 2.45) is 0 Å². The molecule has 0 unspecified atom stereocenters. The van der Waals surface area contributed by atoms with E-state index < -0.39 is 0 Å². The number of carbonyl (C=O) groups is 1. The van der Waals surface area contributed by atoms with Gasteiger partial charge in [-0.2, -0.15) is 0 Å². The van der Waals surface area contributed by atoms with Crippen molar-refractivity contribution in [3.63, 3.8) is 0 Å². The topological polar surface area (TPSA) is 66.0 Å². The molecule has 0 aromatic heterocycles. The maximum absolute atomic E-state index is 12.6. The number of aryl methyl sites for hydroxylation is 1. The first-order valence-corrected chi connectivity index (χ1v) is 10.2. The van der Waals surface area contributed by atoms with E-state index in [1.54, 1.807) is 40.6 Å². The highest BCUT2D eigenvalue weighted by molar-refractivity contribution is 5.92. The standard InChI is InChI=1S/C25H33NO5/c1-15(2)19-14-20(16(3)13-22(19)29-6)17(4)26-23(27)12-10-18-9-11-21(28-5)25(31-8)24(18)30-7/h9-15,17H,1-8H3,(H,26,27)/b12-10+/t17-/m0/s1. The Balaban J connectivity index is 2.23. The van der Waals surface area contributed by atoms with E-state index in [4.69, 9.17) is 18.9 Å². The van der Waals surface area contributed by atoms with E-state index in [2.05, 4.69) is 25.2 Å². The highest BCUT2D eigenvalue weighted by Gasteiger charge is 2.17. The van der Waals surface area contributed by atoms with Gasteiger partial charge in [0.15, 0.2) is 11.5 Å². The van der Waals surface area contributed by atoms with Crippen LogP contribution >= 0.6 is 0 Å². The second-order valence-corrected chi connectivity index (χ2v) is 7.59. The molecule has 0 saturated heterocycles. The third-order valence-electron chi connectivity index (χ3n) is 5.21. The molecule has 6 nitrogen and oxygen atoms in total. The molecule has 0 aliphatic rings. The molecule has 0 saturated carbocycles. The van der Waals surface area contributed by atoms with E-state index in [0.29, 0.717) is 28.7 Å². The molecule has 1 amide bonds. The Bertz CT molecular complexity index is 949. The van der Waals surface area contributed by atoms with Gasteiger partial charge in [-0.25, -0.2) is 0 Å². The van der Waals surface area contributed by atoms with Crippen LogP contribution < -0.4 is 24.3 Å². The van der Waals surface area contributed by atoms with Crippen molar-refractivity contribution in [3.8, 4) is 23.0 Å². The van der Waals surface area contributed by atoms with Crippen molar-refractivity contribution in [2.45, 2.75) is 39.7 Å². The fraction of sp³-hybridized carbons (Fsp3) is 0.400. The summed E-state index contributed by atoms with van der Waals surface area (Å²) in [6, 6.07) is 7.57. The van der Waals surface area contributed by atoms with Gasteiger partial charge in [-0.1, -0.05) is 13.8 Å². The predicted octanol–water partition coefficient (Wildman–Crippen LogP) is 5.04. The van der Waals surface area contributed by atoms with Gasteiger partial charge < -0.3 is 24.3 Å². The molecule has 0 heterocycles. The van der Waals surface area contributed by atoms with Crippen LogP contribution in [0, 0.1) is 6.92 Å². The molecule has 0 aliphatic carbocycles. The first-order chi connectivity index (χ1) is 14.8. The van der Waals surface area contributed by atoms with E-state index >= 15 is 0 Å². The molecular formula is C25H33NO5. The Morgan fingerprint density at radius 3 is 2.06 bits per heavy atom. The largest absolute Gasteiger partial charge is 0.496 e. The molecule has 2 aromatic carbocycles. The van der Waals surface area contributed by atoms with Crippen LogP contribution in [-0.2, 0) is 4.79 Å². The molecule has 0 bridgehead atoms. The number of methoxy groups -OCH3 is 4. The van der Waals surface area contributed by atoms with Crippen LogP contribution in [0.25, 0.3) is 6.08 Å². The molecular weight excluding hydrogens is 394 g/mol. The lowest BCUT2D eigenvalue weighted by Crippen LogP contribution is -2.25. The van der Waals surface area contributed by atoms with Gasteiger partial charge in [0.2, 0.25) is 11.7 Å². The molecule has 31 heavy (non-hydrogen) atoms. The van der Waals surface area contributed by atoms with Crippen LogP contribution in [-0.4, -0.2) is 34.3 Å². The second-order valence-electron chi connectivity index (χ2n) is 7.59. The van der Waals surface area contributed by atoms with Crippen LogP contribution in [0.1, 0.15) is 55.0 Å². The summed E-state index contributed by atoms with van der Waals surface area (Å²) >= 11 is 0. The Morgan fingerprint density at radius 1 is 0.871 bits per heavy atom. The summed E-state index contributed by atoms with van der Waals surface area (Å²) in [4.78, 5) is 12.6. The zero-order valence-electron chi connectivity index (χ0n) is 19.7. The Hall–Kier alpha value is -3.15. The van der Waals surface area contributed by atoms with Crippen LogP contribution in [0.5, 0.6) is 23.0 Å². The van der Waals surface area contributed by atoms with Gasteiger partial charge in [0.1, 0.15) is 5.75 Å². The lowest BCUT2D eigenvalue weighted by molar-refractivity contribution is -0.117. The number of benzene rings is 2. The van der Waals surface area contributed by atoms with Crippen LogP contribution in [0.4, 0.5) is 0 Å². The van der Waals surface area contributed by atoms with Crippen molar-refractivity contribution >= 4 is 12.0 Å². The van der Waals surface area contributed by atoms with Gasteiger partial charge in [-0.05, 0) is 66.8 Å². The summed E-state index contributed by atoms with van der Waals surface area (Å²) in [5, 5.41) is 3.04. The smallest absolute Gasteiger partial charge is 0.244 e. The minimum absolute atomic E-state index is 0.159. The Morgan fingerprint density at radius 2 is 1.52 bits per heavy atom. The number of hydrogen-bond donors (Lipinski definition) is 1. The predicted molar refractivity (Wildman–Crippen MR) is 124 cm³/mol. The summed E-state index contributed by atoms with van der Waals surface area (Å²) in [7, 11) is 6.34. The van der Waals surface area contributed by atoms with E-state index in [-0.39, 0.29) is 11.9 Å². The monoisotopic (exact) mass is 427 g/mol. The van der Waals surface area contributed by atoms with E-state index in [9.17, 15) is 4.79 Å². The highest BCUT2D eigenvalue weighted by Crippen LogP contribution is 2.40. The average molecular weight is 428 g/mol. The summed E-state index contributed by atoms with van der Waals surface area (Å²) in [5.74, 6) is 2.53. The van der Waals surface area contributed by atoms with Gasteiger partial charge >= 0.3 is 0 Å². The molecule has 2 rings (SSSR count). The van der Waals surface area contributed by atoms with Gasteiger partial charge in [-0.3, -0.25) is 4.79 Å². The number of carbonyl (C=O) groups excluding carboxylic acids is 1. The molecule has 168 valence electrons. The summed E-state index contributed by atoms with van der Waals surface area (Å²) in [5.41, 5.74) is 3.97. The van der Waals surface area contributed by atoms with Gasteiger partial charge in [0, 0.05) is 11.6 Å².